The van der Waals surface area contributed by atoms with E-state index in [9.17, 15) is 0 Å². The van der Waals surface area contributed by atoms with Gasteiger partial charge in [0.25, 0.3) is 0 Å². The lowest BCUT2D eigenvalue weighted by atomic mass is 10.1. The van der Waals surface area contributed by atoms with E-state index in [-0.39, 0.29) is 6.04 Å². The topological polar surface area (TPSA) is 43.3 Å². The summed E-state index contributed by atoms with van der Waals surface area (Å²) < 4.78 is 1.97. The molecule has 0 radical (unpaired) electrons. The Kier molecular flexibility index (Phi) is 1.59. The predicted molar refractivity (Wildman–Crippen MR) is 47.8 cm³/mol. The predicted octanol–water partition coefficient (Wildman–Crippen LogP) is 1.35. The minimum Gasteiger partial charge on any atom is -0.324 e. The summed E-state index contributed by atoms with van der Waals surface area (Å²) in [6.07, 6.45) is 5.53. The fraction of sp³-hybridized carbons (Fsp3) is 0.222. The van der Waals surface area contributed by atoms with Crippen molar-refractivity contribution < 1.29 is 0 Å². The van der Waals surface area contributed by atoms with Crippen LogP contribution in [0.1, 0.15) is 18.5 Å². The molecule has 0 amide bonds. The minimum atomic E-state index is 0.0809. The first-order chi connectivity index (χ1) is 5.79. The first-order valence-corrected chi connectivity index (χ1v) is 3.95. The Balaban J connectivity index is 2.70. The highest BCUT2D eigenvalue weighted by Gasteiger charge is 2.04. The molecule has 2 aromatic rings. The lowest BCUT2D eigenvalue weighted by molar-refractivity contribution is 0.826. The van der Waals surface area contributed by atoms with Gasteiger partial charge in [-0.15, -0.1) is 0 Å². The zero-order valence-electron chi connectivity index (χ0n) is 6.94. The van der Waals surface area contributed by atoms with Gasteiger partial charge in [0.1, 0.15) is 0 Å². The molecule has 0 aliphatic rings. The van der Waals surface area contributed by atoms with Crippen LogP contribution < -0.4 is 5.73 Å². The second-order valence-electron chi connectivity index (χ2n) is 2.93. The summed E-state index contributed by atoms with van der Waals surface area (Å²) in [4.78, 5) is 4.01. The average molecular weight is 161 g/mol. The van der Waals surface area contributed by atoms with Crippen LogP contribution in [0.25, 0.3) is 5.52 Å². The number of fused-ring (bicyclic) bond motifs is 1. The Morgan fingerprint density at radius 2 is 2.33 bits per heavy atom. The third kappa shape index (κ3) is 0.987. The molecule has 0 aromatic carbocycles. The molecule has 62 valence electrons. The molecule has 3 heteroatoms. The molecule has 0 spiro atoms. The smallest absolute Gasteiger partial charge is 0.0990 e. The molecule has 0 fully saturated rings. The summed E-state index contributed by atoms with van der Waals surface area (Å²) in [7, 11) is 0. The average Bonchev–Trinajstić information content (AvgIpc) is 2.47. The zero-order chi connectivity index (χ0) is 8.55. The van der Waals surface area contributed by atoms with E-state index in [1.165, 1.54) is 0 Å². The van der Waals surface area contributed by atoms with Crippen molar-refractivity contribution in [1.82, 2.24) is 9.38 Å². The number of hydrogen-bond donors (Lipinski definition) is 1. The van der Waals surface area contributed by atoms with Crippen LogP contribution in [-0.2, 0) is 0 Å². The molecule has 0 bridgehead atoms. The van der Waals surface area contributed by atoms with E-state index < -0.39 is 0 Å². The number of nitrogens with zero attached hydrogens (tertiary/aromatic N) is 2. The van der Waals surface area contributed by atoms with Crippen LogP contribution in [0.4, 0.5) is 0 Å². The molecule has 2 rings (SSSR count). The summed E-state index contributed by atoms with van der Waals surface area (Å²) in [5.74, 6) is 0. The Labute approximate surface area is 70.8 Å². The van der Waals surface area contributed by atoms with E-state index >= 15 is 0 Å². The van der Waals surface area contributed by atoms with Gasteiger partial charge in [-0.1, -0.05) is 0 Å². The SMILES string of the molecule is CC(N)c1ccn2cnccc12. The van der Waals surface area contributed by atoms with E-state index in [1.54, 1.807) is 12.5 Å². The van der Waals surface area contributed by atoms with Crippen LogP contribution >= 0.6 is 0 Å². The van der Waals surface area contributed by atoms with Crippen molar-refractivity contribution in [3.63, 3.8) is 0 Å². The summed E-state index contributed by atoms with van der Waals surface area (Å²) >= 11 is 0. The van der Waals surface area contributed by atoms with Crippen molar-refractivity contribution in [2.24, 2.45) is 5.73 Å². The molecular weight excluding hydrogens is 150 g/mol. The van der Waals surface area contributed by atoms with E-state index in [1.807, 2.05) is 29.7 Å². The zero-order valence-corrected chi connectivity index (χ0v) is 6.94. The molecule has 3 nitrogen and oxygen atoms in total. The Hall–Kier alpha value is -1.35. The number of aromatic nitrogens is 2. The van der Waals surface area contributed by atoms with Crippen LogP contribution in [0.2, 0.25) is 0 Å². The molecule has 2 aromatic heterocycles. The van der Waals surface area contributed by atoms with E-state index in [0.717, 1.165) is 11.1 Å². The quantitative estimate of drug-likeness (QED) is 0.686. The first kappa shape index (κ1) is 7.31. The molecular formula is C9H11N3. The van der Waals surface area contributed by atoms with Gasteiger partial charge in [0.15, 0.2) is 0 Å². The van der Waals surface area contributed by atoms with Crippen LogP contribution in [0.15, 0.2) is 30.9 Å². The van der Waals surface area contributed by atoms with Crippen molar-refractivity contribution in [3.8, 4) is 0 Å². The number of hydrogen-bond acceptors (Lipinski definition) is 2. The summed E-state index contributed by atoms with van der Waals surface area (Å²) in [6, 6.07) is 4.08. The lowest BCUT2D eigenvalue weighted by Gasteiger charge is -2.02. The van der Waals surface area contributed by atoms with E-state index in [2.05, 4.69) is 4.98 Å². The van der Waals surface area contributed by atoms with E-state index in [0.29, 0.717) is 0 Å². The van der Waals surface area contributed by atoms with Gasteiger partial charge in [0.2, 0.25) is 0 Å². The van der Waals surface area contributed by atoms with Crippen molar-refractivity contribution in [2.45, 2.75) is 13.0 Å². The highest BCUT2D eigenvalue weighted by atomic mass is 14.9. The fourth-order valence-electron chi connectivity index (χ4n) is 1.37. The maximum absolute atomic E-state index is 5.79. The standard InChI is InChI=1S/C9H11N3/c1-7(10)8-3-5-12-6-11-4-2-9(8)12/h2-7H,10H2,1H3. The molecule has 0 saturated carbocycles. The van der Waals surface area contributed by atoms with Crippen LogP contribution in [0.3, 0.4) is 0 Å². The maximum atomic E-state index is 5.79. The van der Waals surface area contributed by atoms with Gasteiger partial charge in [-0.05, 0) is 24.6 Å². The molecule has 0 saturated heterocycles. The molecule has 2 heterocycles. The molecule has 0 aliphatic carbocycles. The summed E-state index contributed by atoms with van der Waals surface area (Å²) in [5, 5.41) is 0. The Morgan fingerprint density at radius 3 is 3.08 bits per heavy atom. The van der Waals surface area contributed by atoms with Crippen molar-refractivity contribution in [2.75, 3.05) is 0 Å². The normalized spacial score (nSPS) is 13.5. The van der Waals surface area contributed by atoms with Crippen LogP contribution in [-0.4, -0.2) is 9.38 Å². The molecule has 1 atom stereocenters. The maximum Gasteiger partial charge on any atom is 0.0990 e. The third-order valence-electron chi connectivity index (χ3n) is 1.99. The largest absolute Gasteiger partial charge is 0.324 e. The molecule has 0 aliphatic heterocycles. The van der Waals surface area contributed by atoms with E-state index in [4.69, 9.17) is 5.73 Å². The van der Waals surface area contributed by atoms with Gasteiger partial charge in [-0.2, -0.15) is 0 Å². The number of rotatable bonds is 1. The van der Waals surface area contributed by atoms with Gasteiger partial charge in [0.05, 0.1) is 11.8 Å². The molecule has 12 heavy (non-hydrogen) atoms. The van der Waals surface area contributed by atoms with Crippen LogP contribution in [0.5, 0.6) is 0 Å². The monoisotopic (exact) mass is 161 g/mol. The van der Waals surface area contributed by atoms with Gasteiger partial charge < -0.3 is 10.1 Å². The summed E-state index contributed by atoms with van der Waals surface area (Å²) in [5.41, 5.74) is 8.09. The van der Waals surface area contributed by atoms with Gasteiger partial charge in [-0.25, -0.2) is 4.98 Å². The van der Waals surface area contributed by atoms with Gasteiger partial charge in [0, 0.05) is 18.4 Å². The Bertz CT molecular complexity index is 389. The highest BCUT2D eigenvalue weighted by Crippen LogP contribution is 2.16. The second-order valence-corrected chi connectivity index (χ2v) is 2.93. The van der Waals surface area contributed by atoms with Crippen molar-refractivity contribution in [1.29, 1.82) is 0 Å². The number of nitrogens with two attached hydrogens (primary N) is 1. The van der Waals surface area contributed by atoms with Gasteiger partial charge in [-0.3, -0.25) is 0 Å². The molecule has 2 N–H and O–H groups in total. The Morgan fingerprint density at radius 1 is 1.50 bits per heavy atom. The second kappa shape index (κ2) is 2.60. The first-order valence-electron chi connectivity index (χ1n) is 3.95. The van der Waals surface area contributed by atoms with Crippen LogP contribution in [0, 0.1) is 0 Å². The fourth-order valence-corrected chi connectivity index (χ4v) is 1.37. The lowest BCUT2D eigenvalue weighted by Crippen LogP contribution is -2.04. The highest BCUT2D eigenvalue weighted by molar-refractivity contribution is 5.55. The summed E-state index contributed by atoms with van der Waals surface area (Å²) in [6.45, 7) is 1.98. The van der Waals surface area contributed by atoms with Crippen molar-refractivity contribution in [3.05, 3.63) is 36.4 Å². The van der Waals surface area contributed by atoms with Gasteiger partial charge >= 0.3 is 0 Å². The third-order valence-corrected chi connectivity index (χ3v) is 1.99. The molecule has 1 unspecified atom stereocenters. The van der Waals surface area contributed by atoms with Crippen molar-refractivity contribution >= 4 is 5.52 Å². The minimum absolute atomic E-state index is 0.0809.